The van der Waals surface area contributed by atoms with Crippen molar-refractivity contribution in [2.45, 2.75) is 65.2 Å². The number of hydrogen-bond donors (Lipinski definition) is 1. The Kier molecular flexibility index (Phi) is 9.68. The molecular weight excluding hydrogens is 292 g/mol. The van der Waals surface area contributed by atoms with Crippen LogP contribution in [0.4, 0.5) is 5.82 Å². The monoisotopic (exact) mass is 320 g/mol. The van der Waals surface area contributed by atoms with E-state index >= 15 is 0 Å². The number of nitrogens with one attached hydrogen (secondary N) is 1. The van der Waals surface area contributed by atoms with Gasteiger partial charge >= 0.3 is 5.97 Å². The average molecular weight is 320 g/mol. The average Bonchev–Trinajstić information content (AvgIpc) is 2.54. The highest BCUT2D eigenvalue weighted by molar-refractivity contribution is 5.91. The van der Waals surface area contributed by atoms with Gasteiger partial charge < -0.3 is 10.1 Å². The molecular formula is C18H28N2O3. The summed E-state index contributed by atoms with van der Waals surface area (Å²) in [5.41, 5.74) is 0.209. The van der Waals surface area contributed by atoms with Gasteiger partial charge in [0.25, 0.3) is 0 Å². The molecule has 0 radical (unpaired) electrons. The first kappa shape index (κ1) is 19.1. The Labute approximate surface area is 138 Å². The Balaban J connectivity index is 2.28. The summed E-state index contributed by atoms with van der Waals surface area (Å²) in [5.74, 6) is -0.147. The maximum absolute atomic E-state index is 11.9. The topological polar surface area (TPSA) is 68.3 Å². The number of nitrogens with zero attached hydrogens (tertiary/aromatic N) is 1. The van der Waals surface area contributed by atoms with Crippen LogP contribution in [0.2, 0.25) is 0 Å². The molecule has 1 heterocycles. The predicted molar refractivity (Wildman–Crippen MR) is 91.4 cm³/mol. The van der Waals surface area contributed by atoms with Crippen molar-refractivity contribution in [2.75, 3.05) is 11.9 Å². The molecule has 0 fully saturated rings. The Morgan fingerprint density at radius 1 is 1.04 bits per heavy atom. The number of pyridine rings is 1. The standard InChI is InChI=1S/C18H28N2O3/c1-3-5-6-7-8-9-10-14-17(21)20-16-13-11-12-15(19-16)18(22)23-4-2/h11-13H,3-10,14H2,1-2H3,(H,19,20,21). The van der Waals surface area contributed by atoms with Crippen molar-refractivity contribution in [2.24, 2.45) is 0 Å². The number of amides is 1. The summed E-state index contributed by atoms with van der Waals surface area (Å²) in [6, 6.07) is 4.93. The number of unbranched alkanes of at least 4 members (excludes halogenated alkanes) is 6. The van der Waals surface area contributed by atoms with Crippen molar-refractivity contribution in [3.05, 3.63) is 23.9 Å². The summed E-state index contributed by atoms with van der Waals surface area (Å²) in [6.07, 6.45) is 8.71. The quantitative estimate of drug-likeness (QED) is 0.486. The second-order valence-corrected chi connectivity index (χ2v) is 5.55. The Bertz CT molecular complexity index is 489. The van der Waals surface area contributed by atoms with Crippen molar-refractivity contribution in [3.8, 4) is 0 Å². The Hall–Kier alpha value is -1.91. The van der Waals surface area contributed by atoms with Crippen molar-refractivity contribution >= 4 is 17.7 Å². The Morgan fingerprint density at radius 3 is 2.43 bits per heavy atom. The predicted octanol–water partition coefficient (Wildman–Crippen LogP) is 4.34. The molecule has 0 aliphatic rings. The zero-order chi connectivity index (χ0) is 16.9. The van der Waals surface area contributed by atoms with E-state index in [-0.39, 0.29) is 11.6 Å². The number of anilines is 1. The zero-order valence-corrected chi connectivity index (χ0v) is 14.3. The van der Waals surface area contributed by atoms with Crippen molar-refractivity contribution in [1.29, 1.82) is 0 Å². The number of hydrogen-bond acceptors (Lipinski definition) is 4. The first-order valence-electron chi connectivity index (χ1n) is 8.61. The minimum atomic E-state index is -0.476. The maximum atomic E-state index is 11.9. The van der Waals surface area contributed by atoms with Gasteiger partial charge in [0.15, 0.2) is 5.69 Å². The second-order valence-electron chi connectivity index (χ2n) is 5.55. The normalized spacial score (nSPS) is 10.3. The smallest absolute Gasteiger partial charge is 0.356 e. The molecule has 5 nitrogen and oxygen atoms in total. The van der Waals surface area contributed by atoms with Gasteiger partial charge in [-0.05, 0) is 25.5 Å². The van der Waals surface area contributed by atoms with Crippen LogP contribution in [-0.4, -0.2) is 23.5 Å². The van der Waals surface area contributed by atoms with Crippen LogP contribution in [0.1, 0.15) is 75.7 Å². The molecule has 0 spiro atoms. The van der Waals surface area contributed by atoms with Gasteiger partial charge in [-0.15, -0.1) is 0 Å². The fourth-order valence-corrected chi connectivity index (χ4v) is 2.27. The van der Waals surface area contributed by atoms with E-state index in [1.165, 1.54) is 32.1 Å². The van der Waals surface area contributed by atoms with Gasteiger partial charge in [0.05, 0.1) is 6.61 Å². The van der Waals surface area contributed by atoms with E-state index in [1.54, 1.807) is 25.1 Å². The molecule has 1 rings (SSSR count). The third kappa shape index (κ3) is 8.33. The molecule has 5 heteroatoms. The van der Waals surface area contributed by atoms with Gasteiger partial charge in [-0.3, -0.25) is 4.79 Å². The van der Waals surface area contributed by atoms with Crippen LogP contribution in [0, 0.1) is 0 Å². The first-order valence-corrected chi connectivity index (χ1v) is 8.61. The summed E-state index contributed by atoms with van der Waals surface area (Å²) < 4.78 is 4.89. The number of carbonyl (C=O) groups is 2. The van der Waals surface area contributed by atoms with Gasteiger partial charge in [0, 0.05) is 6.42 Å². The molecule has 0 unspecified atom stereocenters. The molecule has 128 valence electrons. The van der Waals surface area contributed by atoms with Crippen molar-refractivity contribution in [3.63, 3.8) is 0 Å². The van der Waals surface area contributed by atoms with Crippen LogP contribution in [0.15, 0.2) is 18.2 Å². The lowest BCUT2D eigenvalue weighted by Crippen LogP contribution is -2.14. The third-order valence-corrected chi connectivity index (χ3v) is 3.51. The van der Waals surface area contributed by atoms with Crippen LogP contribution in [0.5, 0.6) is 0 Å². The highest BCUT2D eigenvalue weighted by Crippen LogP contribution is 2.10. The minimum Gasteiger partial charge on any atom is -0.461 e. The highest BCUT2D eigenvalue weighted by Gasteiger charge is 2.10. The summed E-state index contributed by atoms with van der Waals surface area (Å²) in [6.45, 7) is 4.25. The highest BCUT2D eigenvalue weighted by atomic mass is 16.5. The molecule has 0 saturated carbocycles. The number of esters is 1. The van der Waals surface area contributed by atoms with E-state index in [4.69, 9.17) is 4.74 Å². The van der Waals surface area contributed by atoms with Gasteiger partial charge in [0.1, 0.15) is 5.82 Å². The largest absolute Gasteiger partial charge is 0.461 e. The molecule has 1 aromatic rings. The maximum Gasteiger partial charge on any atom is 0.356 e. The number of rotatable bonds is 11. The molecule has 23 heavy (non-hydrogen) atoms. The summed E-state index contributed by atoms with van der Waals surface area (Å²) in [7, 11) is 0. The lowest BCUT2D eigenvalue weighted by Gasteiger charge is -2.06. The molecule has 1 N–H and O–H groups in total. The van der Waals surface area contributed by atoms with E-state index in [9.17, 15) is 9.59 Å². The molecule has 0 saturated heterocycles. The Morgan fingerprint density at radius 2 is 1.74 bits per heavy atom. The van der Waals surface area contributed by atoms with Crippen LogP contribution >= 0.6 is 0 Å². The minimum absolute atomic E-state index is 0.0629. The lowest BCUT2D eigenvalue weighted by atomic mass is 10.1. The fraction of sp³-hybridized carbons (Fsp3) is 0.611. The molecule has 0 bridgehead atoms. The number of ether oxygens (including phenoxy) is 1. The van der Waals surface area contributed by atoms with E-state index in [2.05, 4.69) is 17.2 Å². The van der Waals surface area contributed by atoms with Crippen LogP contribution in [0.25, 0.3) is 0 Å². The van der Waals surface area contributed by atoms with E-state index in [0.717, 1.165) is 12.8 Å². The number of carbonyl (C=O) groups excluding carboxylic acids is 2. The van der Waals surface area contributed by atoms with Crippen LogP contribution in [0.3, 0.4) is 0 Å². The summed E-state index contributed by atoms with van der Waals surface area (Å²) in [5, 5.41) is 2.73. The lowest BCUT2D eigenvalue weighted by molar-refractivity contribution is -0.116. The molecule has 0 aliphatic carbocycles. The van der Waals surface area contributed by atoms with Crippen LogP contribution in [-0.2, 0) is 9.53 Å². The summed E-state index contributed by atoms with van der Waals surface area (Å²) >= 11 is 0. The second kappa shape index (κ2) is 11.6. The van der Waals surface area contributed by atoms with Gasteiger partial charge in [-0.2, -0.15) is 0 Å². The summed E-state index contributed by atoms with van der Waals surface area (Å²) in [4.78, 5) is 27.6. The molecule has 1 aromatic heterocycles. The first-order chi connectivity index (χ1) is 11.2. The third-order valence-electron chi connectivity index (χ3n) is 3.51. The van der Waals surface area contributed by atoms with E-state index < -0.39 is 5.97 Å². The van der Waals surface area contributed by atoms with Crippen molar-refractivity contribution in [1.82, 2.24) is 4.98 Å². The molecule has 0 aromatic carbocycles. The van der Waals surface area contributed by atoms with Crippen LogP contribution < -0.4 is 5.32 Å². The van der Waals surface area contributed by atoms with Gasteiger partial charge in [-0.1, -0.05) is 51.5 Å². The number of aromatic nitrogens is 1. The fourth-order valence-electron chi connectivity index (χ4n) is 2.27. The molecule has 0 aliphatic heterocycles. The van der Waals surface area contributed by atoms with E-state index in [1.807, 2.05) is 0 Å². The zero-order valence-electron chi connectivity index (χ0n) is 14.3. The van der Waals surface area contributed by atoms with E-state index in [0.29, 0.717) is 18.8 Å². The van der Waals surface area contributed by atoms with Gasteiger partial charge in [-0.25, -0.2) is 9.78 Å². The molecule has 1 amide bonds. The van der Waals surface area contributed by atoms with Crippen molar-refractivity contribution < 1.29 is 14.3 Å². The van der Waals surface area contributed by atoms with Gasteiger partial charge in [0.2, 0.25) is 5.91 Å². The molecule has 0 atom stereocenters. The SMILES string of the molecule is CCCCCCCCCC(=O)Nc1cccc(C(=O)OCC)n1.